The molecule has 2 saturated carbocycles. The van der Waals surface area contributed by atoms with Crippen LogP contribution in [-0.4, -0.2) is 12.5 Å². The molecule has 0 saturated heterocycles. The van der Waals surface area contributed by atoms with E-state index >= 15 is 0 Å². The molecule has 0 radical (unpaired) electrons. The van der Waals surface area contributed by atoms with Crippen molar-refractivity contribution in [3.8, 4) is 0 Å². The van der Waals surface area contributed by atoms with Gasteiger partial charge in [0.15, 0.2) is 0 Å². The number of anilines is 1. The number of hydrogen-bond acceptors (Lipinski definition) is 2. The van der Waals surface area contributed by atoms with Crippen LogP contribution in [0.1, 0.15) is 51.0 Å². The van der Waals surface area contributed by atoms with Gasteiger partial charge in [0, 0.05) is 18.2 Å². The highest BCUT2D eigenvalue weighted by atomic mass is 16.2. The molecular weight excluding hydrogens is 272 g/mol. The summed E-state index contributed by atoms with van der Waals surface area (Å²) in [5.74, 6) is 1.96. The maximum Gasteiger partial charge on any atom is 0.227 e. The van der Waals surface area contributed by atoms with Gasteiger partial charge in [-0.1, -0.05) is 57.2 Å². The molecule has 0 aromatic heterocycles. The quantitative estimate of drug-likeness (QED) is 0.835. The average Bonchev–Trinajstić information content (AvgIpc) is 3.36. The van der Waals surface area contributed by atoms with Gasteiger partial charge in [0.2, 0.25) is 5.91 Å². The highest BCUT2D eigenvalue weighted by Gasteiger charge is 2.47. The van der Waals surface area contributed by atoms with Gasteiger partial charge in [-0.15, -0.1) is 0 Å². The third-order valence-electron chi connectivity index (χ3n) is 5.27. The van der Waals surface area contributed by atoms with E-state index in [1.165, 1.54) is 37.7 Å². The molecule has 2 unspecified atom stereocenters. The van der Waals surface area contributed by atoms with Crippen molar-refractivity contribution in [1.29, 1.82) is 0 Å². The van der Waals surface area contributed by atoms with E-state index in [0.717, 1.165) is 31.1 Å². The number of hydrogen-bond donors (Lipinski definition) is 2. The lowest BCUT2D eigenvalue weighted by atomic mass is 9.85. The molecule has 120 valence electrons. The van der Waals surface area contributed by atoms with Gasteiger partial charge in [-0.05, 0) is 36.4 Å². The molecule has 3 heteroatoms. The van der Waals surface area contributed by atoms with Crippen LogP contribution in [0.25, 0.3) is 0 Å². The van der Waals surface area contributed by atoms with Crippen LogP contribution in [0.3, 0.4) is 0 Å². The zero-order valence-corrected chi connectivity index (χ0v) is 13.6. The first-order chi connectivity index (χ1) is 10.8. The van der Waals surface area contributed by atoms with Crippen LogP contribution in [0.5, 0.6) is 0 Å². The molecule has 1 aromatic rings. The number of rotatable bonds is 6. The van der Waals surface area contributed by atoms with E-state index in [9.17, 15) is 4.79 Å². The van der Waals surface area contributed by atoms with Crippen molar-refractivity contribution in [3.05, 3.63) is 29.8 Å². The Bertz CT molecular complexity index is 508. The Kier molecular flexibility index (Phi) is 5.14. The zero-order valence-electron chi connectivity index (χ0n) is 13.6. The van der Waals surface area contributed by atoms with E-state index in [2.05, 4.69) is 23.6 Å². The van der Waals surface area contributed by atoms with Gasteiger partial charge >= 0.3 is 0 Å². The second-order valence-corrected chi connectivity index (χ2v) is 6.83. The number of carbonyl (C=O) groups excluding carboxylic acids is 1. The average molecular weight is 300 g/mol. The smallest absolute Gasteiger partial charge is 0.227 e. The molecule has 1 aromatic carbocycles. The molecule has 2 aliphatic rings. The molecule has 22 heavy (non-hydrogen) atoms. The van der Waals surface area contributed by atoms with Crippen molar-refractivity contribution in [3.63, 3.8) is 0 Å². The first-order valence-electron chi connectivity index (χ1n) is 8.89. The van der Waals surface area contributed by atoms with Crippen LogP contribution >= 0.6 is 0 Å². The monoisotopic (exact) mass is 300 g/mol. The molecular formula is C19H28N2O. The third-order valence-corrected chi connectivity index (χ3v) is 5.27. The lowest BCUT2D eigenvalue weighted by molar-refractivity contribution is -0.117. The van der Waals surface area contributed by atoms with Gasteiger partial charge in [0.1, 0.15) is 0 Å². The SMILES string of the molecule is CCNCc1ccccc1NC(=O)C1CC1C1CCCCC1. The summed E-state index contributed by atoms with van der Waals surface area (Å²) in [6.07, 6.45) is 7.89. The van der Waals surface area contributed by atoms with Crippen LogP contribution in [-0.2, 0) is 11.3 Å². The molecule has 3 nitrogen and oxygen atoms in total. The van der Waals surface area contributed by atoms with E-state index < -0.39 is 0 Å². The van der Waals surface area contributed by atoms with Gasteiger partial charge in [-0.2, -0.15) is 0 Å². The second kappa shape index (κ2) is 7.28. The lowest BCUT2D eigenvalue weighted by Gasteiger charge is -2.21. The van der Waals surface area contributed by atoms with Crippen molar-refractivity contribution in [2.75, 3.05) is 11.9 Å². The summed E-state index contributed by atoms with van der Waals surface area (Å²) in [6.45, 7) is 3.85. The number of nitrogens with one attached hydrogen (secondary N) is 2. The first kappa shape index (κ1) is 15.5. The van der Waals surface area contributed by atoms with E-state index in [1.807, 2.05) is 18.2 Å². The van der Waals surface area contributed by atoms with E-state index in [0.29, 0.717) is 5.92 Å². The van der Waals surface area contributed by atoms with Crippen molar-refractivity contribution >= 4 is 11.6 Å². The molecule has 1 amide bonds. The summed E-state index contributed by atoms with van der Waals surface area (Å²) in [5, 5.41) is 6.50. The summed E-state index contributed by atoms with van der Waals surface area (Å²) in [4.78, 5) is 12.5. The van der Waals surface area contributed by atoms with Crippen LogP contribution in [0.2, 0.25) is 0 Å². The van der Waals surface area contributed by atoms with Gasteiger partial charge in [-0.25, -0.2) is 0 Å². The summed E-state index contributed by atoms with van der Waals surface area (Å²) >= 11 is 0. The molecule has 2 aliphatic carbocycles. The van der Waals surface area contributed by atoms with Crippen molar-refractivity contribution in [2.24, 2.45) is 17.8 Å². The Morgan fingerprint density at radius 1 is 1.18 bits per heavy atom. The number of carbonyl (C=O) groups is 1. The van der Waals surface area contributed by atoms with Crippen molar-refractivity contribution in [1.82, 2.24) is 5.32 Å². The zero-order chi connectivity index (χ0) is 15.4. The number of benzene rings is 1. The fraction of sp³-hybridized carbons (Fsp3) is 0.632. The summed E-state index contributed by atoms with van der Waals surface area (Å²) in [5.41, 5.74) is 2.15. The van der Waals surface area contributed by atoms with Crippen molar-refractivity contribution < 1.29 is 4.79 Å². The molecule has 3 rings (SSSR count). The predicted octanol–water partition coefficient (Wildman–Crippen LogP) is 3.95. The summed E-state index contributed by atoms with van der Waals surface area (Å²) in [6, 6.07) is 8.13. The normalized spacial score (nSPS) is 25.0. The minimum atomic E-state index is 0.236. The van der Waals surface area contributed by atoms with E-state index in [-0.39, 0.29) is 11.8 Å². The largest absolute Gasteiger partial charge is 0.326 e. The fourth-order valence-corrected chi connectivity index (χ4v) is 3.88. The van der Waals surface area contributed by atoms with Crippen molar-refractivity contribution in [2.45, 2.75) is 52.0 Å². The van der Waals surface area contributed by atoms with Crippen LogP contribution in [0, 0.1) is 17.8 Å². The third kappa shape index (κ3) is 3.70. The van der Waals surface area contributed by atoms with E-state index in [4.69, 9.17) is 0 Å². The maximum absolute atomic E-state index is 12.5. The Morgan fingerprint density at radius 3 is 2.73 bits per heavy atom. The molecule has 0 aliphatic heterocycles. The highest BCUT2D eigenvalue weighted by Crippen LogP contribution is 2.49. The van der Waals surface area contributed by atoms with Gasteiger partial charge < -0.3 is 10.6 Å². The van der Waals surface area contributed by atoms with Crippen LogP contribution < -0.4 is 10.6 Å². The number of amides is 1. The minimum absolute atomic E-state index is 0.236. The summed E-state index contributed by atoms with van der Waals surface area (Å²) < 4.78 is 0. The molecule has 0 bridgehead atoms. The Hall–Kier alpha value is -1.35. The standard InChI is InChI=1S/C19H28N2O/c1-2-20-13-15-10-6-7-11-18(15)21-19(22)17-12-16(17)14-8-4-3-5-9-14/h6-7,10-11,14,16-17,20H,2-5,8-9,12-13H2,1H3,(H,21,22). The number of para-hydroxylation sites is 1. The topological polar surface area (TPSA) is 41.1 Å². The maximum atomic E-state index is 12.5. The first-order valence-corrected chi connectivity index (χ1v) is 8.89. The molecule has 0 heterocycles. The lowest BCUT2D eigenvalue weighted by Crippen LogP contribution is -2.20. The molecule has 0 spiro atoms. The Balaban J connectivity index is 1.56. The van der Waals surface area contributed by atoms with Crippen LogP contribution in [0.4, 0.5) is 5.69 Å². The second-order valence-electron chi connectivity index (χ2n) is 6.83. The van der Waals surface area contributed by atoms with E-state index in [1.54, 1.807) is 0 Å². The minimum Gasteiger partial charge on any atom is -0.326 e. The molecule has 2 fully saturated rings. The van der Waals surface area contributed by atoms with Crippen LogP contribution in [0.15, 0.2) is 24.3 Å². The Labute approximate surface area is 133 Å². The van der Waals surface area contributed by atoms with Gasteiger partial charge in [0.05, 0.1) is 0 Å². The highest BCUT2D eigenvalue weighted by molar-refractivity contribution is 5.95. The predicted molar refractivity (Wildman–Crippen MR) is 90.6 cm³/mol. The fourth-order valence-electron chi connectivity index (χ4n) is 3.88. The summed E-state index contributed by atoms with van der Waals surface area (Å²) in [7, 11) is 0. The molecule has 2 atom stereocenters. The van der Waals surface area contributed by atoms with Gasteiger partial charge in [-0.3, -0.25) is 4.79 Å². The molecule has 2 N–H and O–H groups in total. The Morgan fingerprint density at radius 2 is 1.95 bits per heavy atom. The van der Waals surface area contributed by atoms with Gasteiger partial charge in [0.25, 0.3) is 0 Å².